The van der Waals surface area contributed by atoms with Gasteiger partial charge in [-0.2, -0.15) is 0 Å². The molecule has 1 saturated carbocycles. The summed E-state index contributed by atoms with van der Waals surface area (Å²) in [6.07, 6.45) is 5.76. The zero-order valence-electron chi connectivity index (χ0n) is 9.86. The monoisotopic (exact) mass is 235 g/mol. The maximum atomic E-state index is 11.1. The largest absolute Gasteiger partial charge is 0.478 e. The van der Waals surface area contributed by atoms with E-state index in [2.05, 4.69) is 17.2 Å². The highest BCUT2D eigenvalue weighted by molar-refractivity contribution is 5.94. The third-order valence-corrected chi connectivity index (χ3v) is 3.51. The molecule has 1 aliphatic rings. The zero-order chi connectivity index (χ0) is 12.5. The number of nitrogens with one attached hydrogen (secondary N) is 1. The predicted molar refractivity (Wildman–Crippen MR) is 66.1 cm³/mol. The van der Waals surface area contributed by atoms with E-state index in [4.69, 9.17) is 10.8 Å². The molecule has 5 heteroatoms. The number of aromatic carboxylic acids is 1. The van der Waals surface area contributed by atoms with Gasteiger partial charge in [-0.15, -0.1) is 0 Å². The number of rotatable bonds is 4. The van der Waals surface area contributed by atoms with Crippen molar-refractivity contribution in [2.45, 2.75) is 38.1 Å². The Morgan fingerprint density at radius 3 is 2.82 bits per heavy atom. The fraction of sp³-hybridized carbons (Fsp3) is 0.500. The van der Waals surface area contributed by atoms with Crippen LogP contribution in [0.4, 0.5) is 11.5 Å². The molecule has 92 valence electrons. The Labute approximate surface area is 100 Å². The molecule has 0 unspecified atom stereocenters. The highest BCUT2D eigenvalue weighted by atomic mass is 16.4. The van der Waals surface area contributed by atoms with Gasteiger partial charge in [0.15, 0.2) is 0 Å². The van der Waals surface area contributed by atoms with E-state index in [1.165, 1.54) is 18.7 Å². The fourth-order valence-corrected chi connectivity index (χ4v) is 2.17. The molecule has 0 saturated heterocycles. The summed E-state index contributed by atoms with van der Waals surface area (Å²) >= 11 is 0. The number of pyridine rings is 1. The van der Waals surface area contributed by atoms with Crippen LogP contribution in [0.1, 0.15) is 43.0 Å². The number of nitrogens with zero attached hydrogens (tertiary/aromatic N) is 1. The average molecular weight is 235 g/mol. The van der Waals surface area contributed by atoms with Crippen molar-refractivity contribution in [2.24, 2.45) is 0 Å². The first-order valence-corrected chi connectivity index (χ1v) is 5.83. The number of nitrogen functional groups attached to an aromatic ring is 1. The minimum atomic E-state index is -1.00. The summed E-state index contributed by atoms with van der Waals surface area (Å²) in [6.45, 7) is 2.10. The van der Waals surface area contributed by atoms with Crippen LogP contribution in [0.15, 0.2) is 12.3 Å². The molecule has 1 aliphatic carbocycles. The number of carboxylic acids is 1. The molecule has 5 nitrogen and oxygen atoms in total. The smallest absolute Gasteiger partial charge is 0.339 e. The Hall–Kier alpha value is -1.78. The van der Waals surface area contributed by atoms with Gasteiger partial charge in [0.1, 0.15) is 11.4 Å². The van der Waals surface area contributed by atoms with Crippen LogP contribution in [0.5, 0.6) is 0 Å². The summed E-state index contributed by atoms with van der Waals surface area (Å²) in [4.78, 5) is 15.2. The molecule has 0 amide bonds. The Morgan fingerprint density at radius 1 is 1.65 bits per heavy atom. The van der Waals surface area contributed by atoms with E-state index in [0.717, 1.165) is 19.3 Å². The quantitative estimate of drug-likeness (QED) is 0.743. The van der Waals surface area contributed by atoms with Crippen LogP contribution in [0, 0.1) is 0 Å². The zero-order valence-corrected chi connectivity index (χ0v) is 9.86. The van der Waals surface area contributed by atoms with E-state index in [-0.39, 0.29) is 11.1 Å². The first-order valence-electron chi connectivity index (χ1n) is 5.83. The molecule has 1 aromatic heterocycles. The van der Waals surface area contributed by atoms with Gasteiger partial charge in [-0.05, 0) is 31.7 Å². The molecule has 1 aromatic rings. The molecule has 0 atom stereocenters. The molecule has 2 rings (SSSR count). The van der Waals surface area contributed by atoms with Crippen LogP contribution >= 0.6 is 0 Å². The number of carbonyl (C=O) groups is 1. The van der Waals surface area contributed by atoms with Gasteiger partial charge in [0.05, 0.1) is 11.9 Å². The van der Waals surface area contributed by atoms with Gasteiger partial charge in [-0.1, -0.05) is 6.92 Å². The standard InChI is InChI=1S/C12H17N3O2/c1-2-12(4-3-5-12)15-10-9(11(16)17)6-8(13)7-14-10/h6-7H,2-5,13H2,1H3,(H,14,15)(H,16,17). The molecule has 0 aliphatic heterocycles. The van der Waals surface area contributed by atoms with E-state index < -0.39 is 5.97 Å². The Kier molecular flexibility index (Phi) is 2.92. The third-order valence-electron chi connectivity index (χ3n) is 3.51. The third kappa shape index (κ3) is 2.18. The summed E-state index contributed by atoms with van der Waals surface area (Å²) < 4.78 is 0. The summed E-state index contributed by atoms with van der Waals surface area (Å²) in [5.41, 5.74) is 6.09. The van der Waals surface area contributed by atoms with Crippen molar-refractivity contribution in [3.05, 3.63) is 17.8 Å². The van der Waals surface area contributed by atoms with Gasteiger partial charge in [0, 0.05) is 5.54 Å². The lowest BCUT2D eigenvalue weighted by molar-refractivity contribution is 0.0697. The van der Waals surface area contributed by atoms with Crippen LogP contribution in [0.25, 0.3) is 0 Å². The molecular weight excluding hydrogens is 218 g/mol. The van der Waals surface area contributed by atoms with Gasteiger partial charge in [-0.3, -0.25) is 0 Å². The Balaban J connectivity index is 2.29. The van der Waals surface area contributed by atoms with Crippen molar-refractivity contribution < 1.29 is 9.90 Å². The lowest BCUT2D eigenvalue weighted by Crippen LogP contribution is -2.44. The van der Waals surface area contributed by atoms with Crippen LogP contribution in [0.2, 0.25) is 0 Å². The van der Waals surface area contributed by atoms with Crippen LogP contribution in [0.3, 0.4) is 0 Å². The Morgan fingerprint density at radius 2 is 2.35 bits per heavy atom. The number of hydrogen-bond donors (Lipinski definition) is 3. The van der Waals surface area contributed by atoms with Crippen LogP contribution in [-0.4, -0.2) is 21.6 Å². The highest BCUT2D eigenvalue weighted by Crippen LogP contribution is 2.38. The van der Waals surface area contributed by atoms with E-state index in [9.17, 15) is 4.79 Å². The summed E-state index contributed by atoms with van der Waals surface area (Å²) in [6, 6.07) is 1.44. The topological polar surface area (TPSA) is 88.2 Å². The SMILES string of the molecule is CCC1(Nc2ncc(N)cc2C(=O)O)CCC1. The minimum Gasteiger partial charge on any atom is -0.478 e. The number of carboxylic acid groups (broad SMARTS) is 1. The lowest BCUT2D eigenvalue weighted by Gasteiger charge is -2.42. The molecule has 0 aromatic carbocycles. The number of hydrogen-bond acceptors (Lipinski definition) is 4. The fourth-order valence-electron chi connectivity index (χ4n) is 2.17. The van der Waals surface area contributed by atoms with Crippen molar-refractivity contribution in [1.29, 1.82) is 0 Å². The van der Waals surface area contributed by atoms with Gasteiger partial charge in [0.25, 0.3) is 0 Å². The predicted octanol–water partition coefficient (Wildman–Crippen LogP) is 2.11. The van der Waals surface area contributed by atoms with E-state index >= 15 is 0 Å². The van der Waals surface area contributed by atoms with Gasteiger partial charge in [-0.25, -0.2) is 9.78 Å². The molecule has 0 radical (unpaired) electrons. The highest BCUT2D eigenvalue weighted by Gasteiger charge is 2.36. The van der Waals surface area contributed by atoms with Crippen molar-refractivity contribution in [3.63, 3.8) is 0 Å². The molecule has 0 spiro atoms. The number of nitrogens with two attached hydrogens (primary N) is 1. The first kappa shape index (κ1) is 11.7. The molecule has 0 bridgehead atoms. The summed E-state index contributed by atoms with van der Waals surface area (Å²) in [5, 5.41) is 12.4. The lowest BCUT2D eigenvalue weighted by atomic mass is 9.75. The number of aromatic nitrogens is 1. The van der Waals surface area contributed by atoms with E-state index in [1.54, 1.807) is 0 Å². The van der Waals surface area contributed by atoms with E-state index in [0.29, 0.717) is 11.5 Å². The molecule has 1 fully saturated rings. The van der Waals surface area contributed by atoms with Crippen molar-refractivity contribution in [2.75, 3.05) is 11.1 Å². The summed E-state index contributed by atoms with van der Waals surface area (Å²) in [5.74, 6) is -0.578. The maximum Gasteiger partial charge on any atom is 0.339 e. The average Bonchev–Trinajstić information content (AvgIpc) is 2.25. The second-order valence-electron chi connectivity index (χ2n) is 4.58. The second kappa shape index (κ2) is 4.24. The number of anilines is 2. The maximum absolute atomic E-state index is 11.1. The van der Waals surface area contributed by atoms with Crippen LogP contribution < -0.4 is 11.1 Å². The van der Waals surface area contributed by atoms with Crippen molar-refractivity contribution in [3.8, 4) is 0 Å². The molecular formula is C12H17N3O2. The van der Waals surface area contributed by atoms with Gasteiger partial charge >= 0.3 is 5.97 Å². The van der Waals surface area contributed by atoms with Crippen molar-refractivity contribution >= 4 is 17.5 Å². The van der Waals surface area contributed by atoms with Gasteiger partial charge in [0.2, 0.25) is 0 Å². The van der Waals surface area contributed by atoms with Gasteiger partial charge < -0.3 is 16.2 Å². The molecule has 4 N–H and O–H groups in total. The van der Waals surface area contributed by atoms with Crippen molar-refractivity contribution in [1.82, 2.24) is 4.98 Å². The Bertz CT molecular complexity index is 436. The molecule has 17 heavy (non-hydrogen) atoms. The minimum absolute atomic E-state index is 0.0211. The summed E-state index contributed by atoms with van der Waals surface area (Å²) in [7, 11) is 0. The molecule has 1 heterocycles. The second-order valence-corrected chi connectivity index (χ2v) is 4.58. The van der Waals surface area contributed by atoms with E-state index in [1.807, 2.05) is 0 Å². The normalized spacial score (nSPS) is 17.2. The van der Waals surface area contributed by atoms with Crippen LogP contribution in [-0.2, 0) is 0 Å². The first-order chi connectivity index (χ1) is 8.06.